The number of pyridine rings is 1. The summed E-state index contributed by atoms with van der Waals surface area (Å²) < 4.78 is 45.1. The fourth-order valence-corrected chi connectivity index (χ4v) is 4.94. The Kier molecular flexibility index (Phi) is 7.75. The molecule has 2 nitrogen and oxygen atoms in total. The number of nitrogens with zero attached hydrogens (tertiary/aromatic N) is 1. The summed E-state index contributed by atoms with van der Waals surface area (Å²) in [4.78, 5) is 4.81. The van der Waals surface area contributed by atoms with Gasteiger partial charge in [0.2, 0.25) is 0 Å². The van der Waals surface area contributed by atoms with Gasteiger partial charge in [0.05, 0.1) is 11.6 Å². The first-order chi connectivity index (χ1) is 16.6. The van der Waals surface area contributed by atoms with Gasteiger partial charge in [-0.2, -0.15) is 13.2 Å². The van der Waals surface area contributed by atoms with Crippen LogP contribution in [0.3, 0.4) is 0 Å². The summed E-state index contributed by atoms with van der Waals surface area (Å²) in [5.41, 5.74) is 5.82. The first kappa shape index (κ1) is 25.6. The summed E-state index contributed by atoms with van der Waals surface area (Å²) in [7, 11) is 0. The molecule has 0 atom stereocenters. The van der Waals surface area contributed by atoms with Crippen molar-refractivity contribution in [3.05, 3.63) is 82.0 Å². The van der Waals surface area contributed by atoms with Gasteiger partial charge in [0.1, 0.15) is 12.4 Å². The van der Waals surface area contributed by atoms with Crippen LogP contribution in [0.5, 0.6) is 5.75 Å². The summed E-state index contributed by atoms with van der Waals surface area (Å²) in [6.45, 7) is 6.58. The van der Waals surface area contributed by atoms with Crippen molar-refractivity contribution in [3.63, 3.8) is 0 Å². The van der Waals surface area contributed by atoms with Crippen LogP contribution in [-0.2, 0) is 6.61 Å². The fourth-order valence-electron chi connectivity index (χ4n) is 4.72. The molecule has 0 spiro atoms. The normalized spacial score (nSPS) is 18.6. The van der Waals surface area contributed by atoms with Crippen molar-refractivity contribution in [3.8, 4) is 17.0 Å². The van der Waals surface area contributed by atoms with Crippen molar-refractivity contribution in [1.29, 1.82) is 0 Å². The molecule has 0 aliphatic heterocycles. The molecule has 6 heteroatoms. The Morgan fingerprint density at radius 2 is 1.66 bits per heavy atom. The molecule has 1 heterocycles. The highest BCUT2D eigenvalue weighted by Gasteiger charge is 2.41. The Morgan fingerprint density at radius 1 is 0.971 bits per heavy atom. The number of hydrogen-bond donors (Lipinski definition) is 0. The molecule has 0 unspecified atom stereocenters. The lowest BCUT2D eigenvalue weighted by atomic mass is 9.78. The second kappa shape index (κ2) is 10.6. The molecule has 1 aliphatic rings. The van der Waals surface area contributed by atoms with E-state index in [2.05, 4.69) is 19.9 Å². The van der Waals surface area contributed by atoms with Gasteiger partial charge in [-0.15, -0.1) is 0 Å². The molecule has 1 aliphatic carbocycles. The Bertz CT molecular complexity index is 1150. The number of aromatic nitrogens is 1. The zero-order valence-corrected chi connectivity index (χ0v) is 21.1. The van der Waals surface area contributed by atoms with Gasteiger partial charge in [0.25, 0.3) is 0 Å². The maximum Gasteiger partial charge on any atom is 0.391 e. The van der Waals surface area contributed by atoms with E-state index in [4.69, 9.17) is 21.3 Å². The Labute approximate surface area is 210 Å². The lowest BCUT2D eigenvalue weighted by Gasteiger charge is -2.30. The predicted molar refractivity (Wildman–Crippen MR) is 135 cm³/mol. The molecule has 1 aromatic heterocycles. The first-order valence-corrected chi connectivity index (χ1v) is 12.5. The molecule has 35 heavy (non-hydrogen) atoms. The molecule has 4 rings (SSSR count). The van der Waals surface area contributed by atoms with Crippen molar-refractivity contribution in [2.24, 2.45) is 5.92 Å². The largest absolute Gasteiger partial charge is 0.488 e. The lowest BCUT2D eigenvalue weighted by molar-refractivity contribution is -0.182. The predicted octanol–water partition coefficient (Wildman–Crippen LogP) is 9.25. The zero-order valence-electron chi connectivity index (χ0n) is 20.3. The van der Waals surface area contributed by atoms with Gasteiger partial charge in [-0.3, -0.25) is 4.98 Å². The average molecular weight is 502 g/mol. The molecule has 0 N–H and O–H groups in total. The maximum atomic E-state index is 13.0. The van der Waals surface area contributed by atoms with Crippen LogP contribution in [0, 0.1) is 12.8 Å². The van der Waals surface area contributed by atoms with E-state index in [0.717, 1.165) is 39.4 Å². The number of rotatable bonds is 6. The third-order valence-corrected chi connectivity index (χ3v) is 7.07. The van der Waals surface area contributed by atoms with Crippen molar-refractivity contribution in [2.45, 2.75) is 71.1 Å². The summed E-state index contributed by atoms with van der Waals surface area (Å²) in [5, 5.41) is 0.644. The van der Waals surface area contributed by atoms with E-state index in [0.29, 0.717) is 24.5 Å². The maximum absolute atomic E-state index is 13.0. The summed E-state index contributed by atoms with van der Waals surface area (Å²) >= 11 is 6.38. The van der Waals surface area contributed by atoms with E-state index in [-0.39, 0.29) is 24.7 Å². The van der Waals surface area contributed by atoms with Crippen molar-refractivity contribution < 1.29 is 17.9 Å². The topological polar surface area (TPSA) is 22.1 Å². The summed E-state index contributed by atoms with van der Waals surface area (Å²) in [6.07, 6.45) is -2.48. The highest BCUT2D eigenvalue weighted by atomic mass is 35.5. The Hall–Kier alpha value is -2.53. The summed E-state index contributed by atoms with van der Waals surface area (Å²) in [6, 6.07) is 17.8. The van der Waals surface area contributed by atoms with E-state index in [1.54, 1.807) is 0 Å². The standard InChI is InChI=1S/C29H31ClF3NO/c1-18(2)26-15-24(30)16-27(34-26)25-14-19(3)4-13-28(25)35-17-20-5-7-21(8-6-20)22-9-11-23(12-10-22)29(31,32)33/h4-8,13-16,18,22-23H,9-12,17H2,1-3H3. The van der Waals surface area contributed by atoms with Crippen LogP contribution in [0.2, 0.25) is 5.02 Å². The van der Waals surface area contributed by atoms with Crippen LogP contribution >= 0.6 is 11.6 Å². The Morgan fingerprint density at radius 3 is 2.29 bits per heavy atom. The van der Waals surface area contributed by atoms with Gasteiger partial charge in [-0.1, -0.05) is 61.3 Å². The van der Waals surface area contributed by atoms with Crippen LogP contribution in [0.15, 0.2) is 54.6 Å². The SMILES string of the molecule is Cc1ccc(OCc2ccc(C3CCC(C(F)(F)F)CC3)cc2)c(-c2cc(Cl)cc(C(C)C)n2)c1. The number of hydrogen-bond acceptors (Lipinski definition) is 2. The van der Waals surface area contributed by atoms with E-state index in [9.17, 15) is 13.2 Å². The fraction of sp³-hybridized carbons (Fsp3) is 0.414. The molecule has 0 saturated heterocycles. The third kappa shape index (κ3) is 6.38. The van der Waals surface area contributed by atoms with Crippen LogP contribution < -0.4 is 4.74 Å². The van der Waals surface area contributed by atoms with Crippen LogP contribution in [0.1, 0.15) is 73.8 Å². The van der Waals surface area contributed by atoms with Crippen molar-refractivity contribution in [2.75, 3.05) is 0 Å². The molecule has 1 fully saturated rings. The highest BCUT2D eigenvalue weighted by Crippen LogP contribution is 2.43. The zero-order chi connectivity index (χ0) is 25.2. The second-order valence-corrected chi connectivity index (χ2v) is 10.3. The van der Waals surface area contributed by atoms with Crippen LogP contribution in [0.25, 0.3) is 11.3 Å². The molecule has 3 aromatic rings. The number of benzene rings is 2. The number of aryl methyl sites for hydroxylation is 1. The quantitative estimate of drug-likeness (QED) is 0.335. The number of halogens is 4. The molecule has 1 saturated carbocycles. The minimum Gasteiger partial charge on any atom is -0.488 e. The smallest absolute Gasteiger partial charge is 0.391 e. The third-order valence-electron chi connectivity index (χ3n) is 6.85. The molecule has 0 amide bonds. The minimum absolute atomic E-state index is 0.191. The molecular weight excluding hydrogens is 471 g/mol. The lowest BCUT2D eigenvalue weighted by Crippen LogP contribution is -2.27. The van der Waals surface area contributed by atoms with Gasteiger partial charge in [-0.25, -0.2) is 0 Å². The molecule has 186 valence electrons. The van der Waals surface area contributed by atoms with E-state index < -0.39 is 12.1 Å². The Balaban J connectivity index is 1.45. The number of ether oxygens (including phenoxy) is 1. The molecular formula is C29H31ClF3NO. The van der Waals surface area contributed by atoms with Gasteiger partial charge in [0, 0.05) is 16.3 Å². The molecule has 0 radical (unpaired) electrons. The van der Waals surface area contributed by atoms with Gasteiger partial charge >= 0.3 is 6.18 Å². The highest BCUT2D eigenvalue weighted by molar-refractivity contribution is 6.30. The van der Waals surface area contributed by atoms with Crippen molar-refractivity contribution >= 4 is 11.6 Å². The van der Waals surface area contributed by atoms with Crippen LogP contribution in [0.4, 0.5) is 13.2 Å². The second-order valence-electron chi connectivity index (χ2n) is 9.87. The molecule has 0 bridgehead atoms. The van der Waals surface area contributed by atoms with E-state index in [1.165, 1.54) is 0 Å². The minimum atomic E-state index is -4.07. The monoisotopic (exact) mass is 501 g/mol. The van der Waals surface area contributed by atoms with Gasteiger partial charge in [0.15, 0.2) is 0 Å². The number of alkyl halides is 3. The first-order valence-electron chi connectivity index (χ1n) is 12.2. The van der Waals surface area contributed by atoms with Gasteiger partial charge in [-0.05, 0) is 79.8 Å². The van der Waals surface area contributed by atoms with Crippen LogP contribution in [-0.4, -0.2) is 11.2 Å². The van der Waals surface area contributed by atoms with Crippen molar-refractivity contribution in [1.82, 2.24) is 4.98 Å². The van der Waals surface area contributed by atoms with Gasteiger partial charge < -0.3 is 4.74 Å². The summed E-state index contributed by atoms with van der Waals surface area (Å²) in [5.74, 6) is 0.0235. The molecule has 2 aromatic carbocycles. The average Bonchev–Trinajstić information content (AvgIpc) is 2.82. The van der Waals surface area contributed by atoms with E-state index >= 15 is 0 Å². The van der Waals surface area contributed by atoms with E-state index in [1.807, 2.05) is 55.5 Å².